The number of methoxy groups -OCH3 is 1. The van der Waals surface area contributed by atoms with E-state index >= 15 is 0 Å². The van der Waals surface area contributed by atoms with Crippen LogP contribution in [0.4, 0.5) is 0 Å². The smallest absolute Gasteiger partial charge is 0.123 e. The summed E-state index contributed by atoms with van der Waals surface area (Å²) < 4.78 is 10.8. The normalized spacial score (nSPS) is 11.8. The monoisotopic (exact) mass is 268 g/mol. The van der Waals surface area contributed by atoms with Crippen LogP contribution in [0.1, 0.15) is 17.0 Å². The van der Waals surface area contributed by atoms with E-state index in [9.17, 15) is 0 Å². The molecule has 0 bridgehead atoms. The van der Waals surface area contributed by atoms with E-state index in [1.165, 1.54) is 5.56 Å². The van der Waals surface area contributed by atoms with Crippen LogP contribution in [0.15, 0.2) is 67.3 Å². The van der Waals surface area contributed by atoms with Gasteiger partial charge in [-0.05, 0) is 11.6 Å². The summed E-state index contributed by atoms with van der Waals surface area (Å²) in [7, 11) is 1.67. The van der Waals surface area contributed by atoms with Gasteiger partial charge >= 0.3 is 0 Å². The molecule has 0 saturated carbocycles. The second-order valence-corrected chi connectivity index (χ2v) is 4.50. The Hall–Kier alpha value is -2.06. The Labute approximate surface area is 120 Å². The lowest BCUT2D eigenvalue weighted by Gasteiger charge is -2.18. The van der Waals surface area contributed by atoms with Crippen LogP contribution >= 0.6 is 0 Å². The highest BCUT2D eigenvalue weighted by Gasteiger charge is 2.14. The summed E-state index contributed by atoms with van der Waals surface area (Å²) in [6.07, 6.45) is 1.95. The van der Waals surface area contributed by atoms with Gasteiger partial charge in [0.2, 0.25) is 0 Å². The highest BCUT2D eigenvalue weighted by Crippen LogP contribution is 2.32. The van der Waals surface area contributed by atoms with E-state index in [4.69, 9.17) is 9.47 Å². The van der Waals surface area contributed by atoms with Crippen molar-refractivity contribution in [1.82, 2.24) is 0 Å². The molecule has 0 fully saturated rings. The Morgan fingerprint density at radius 3 is 2.40 bits per heavy atom. The largest absolute Gasteiger partial charge is 0.491 e. The number of hydrogen-bond donors (Lipinski definition) is 0. The Balaban J connectivity index is 2.28. The molecule has 2 aromatic rings. The van der Waals surface area contributed by atoms with Crippen molar-refractivity contribution in [2.24, 2.45) is 0 Å². The van der Waals surface area contributed by atoms with Crippen molar-refractivity contribution in [2.75, 3.05) is 20.3 Å². The van der Waals surface area contributed by atoms with Crippen molar-refractivity contribution < 1.29 is 9.47 Å². The highest BCUT2D eigenvalue weighted by atomic mass is 16.5. The molecule has 2 heteroatoms. The second-order valence-electron chi connectivity index (χ2n) is 4.50. The van der Waals surface area contributed by atoms with Crippen molar-refractivity contribution in [3.8, 4) is 5.75 Å². The fourth-order valence-electron chi connectivity index (χ4n) is 2.21. The van der Waals surface area contributed by atoms with E-state index in [0.717, 1.165) is 11.3 Å². The fraction of sp³-hybridized carbons (Fsp3) is 0.222. The molecular weight excluding hydrogens is 248 g/mol. The Bertz CT molecular complexity index is 534. The van der Waals surface area contributed by atoms with Crippen molar-refractivity contribution in [1.29, 1.82) is 0 Å². The van der Waals surface area contributed by atoms with Crippen LogP contribution in [0.25, 0.3) is 0 Å². The maximum Gasteiger partial charge on any atom is 0.123 e. The van der Waals surface area contributed by atoms with Gasteiger partial charge in [-0.1, -0.05) is 54.6 Å². The van der Waals surface area contributed by atoms with Crippen LogP contribution in [0.5, 0.6) is 5.75 Å². The topological polar surface area (TPSA) is 18.5 Å². The van der Waals surface area contributed by atoms with Crippen LogP contribution < -0.4 is 4.74 Å². The predicted molar refractivity (Wildman–Crippen MR) is 82.3 cm³/mol. The van der Waals surface area contributed by atoms with Crippen molar-refractivity contribution >= 4 is 0 Å². The minimum Gasteiger partial charge on any atom is -0.491 e. The lowest BCUT2D eigenvalue weighted by atomic mass is 9.91. The van der Waals surface area contributed by atoms with E-state index in [-0.39, 0.29) is 5.92 Å². The Morgan fingerprint density at radius 2 is 1.70 bits per heavy atom. The molecule has 104 valence electrons. The molecule has 2 aromatic carbocycles. The van der Waals surface area contributed by atoms with E-state index in [0.29, 0.717) is 13.2 Å². The molecule has 0 unspecified atom stereocenters. The summed E-state index contributed by atoms with van der Waals surface area (Å²) in [6, 6.07) is 18.4. The number of hydrogen-bond acceptors (Lipinski definition) is 2. The maximum atomic E-state index is 5.81. The number of para-hydroxylation sites is 1. The SMILES string of the molecule is C=C[C@H](c1ccccc1)c1ccccc1OCCOC. The third-order valence-electron chi connectivity index (χ3n) is 3.19. The van der Waals surface area contributed by atoms with Crippen LogP contribution in [-0.4, -0.2) is 20.3 Å². The van der Waals surface area contributed by atoms with E-state index in [2.05, 4.69) is 24.8 Å². The number of benzene rings is 2. The molecule has 2 rings (SSSR count). The summed E-state index contributed by atoms with van der Waals surface area (Å²) in [6.45, 7) is 5.10. The zero-order valence-electron chi connectivity index (χ0n) is 11.8. The summed E-state index contributed by atoms with van der Waals surface area (Å²) in [5, 5.41) is 0. The molecule has 1 atom stereocenters. The van der Waals surface area contributed by atoms with Crippen LogP contribution in [0, 0.1) is 0 Å². The summed E-state index contributed by atoms with van der Waals surface area (Å²) >= 11 is 0. The van der Waals surface area contributed by atoms with Crippen molar-refractivity contribution in [3.63, 3.8) is 0 Å². The Morgan fingerprint density at radius 1 is 1.00 bits per heavy atom. The summed E-state index contributed by atoms with van der Waals surface area (Å²) in [4.78, 5) is 0. The summed E-state index contributed by atoms with van der Waals surface area (Å²) in [5.74, 6) is 1.02. The molecule has 0 aliphatic carbocycles. The van der Waals surface area contributed by atoms with E-state index < -0.39 is 0 Å². The van der Waals surface area contributed by atoms with Gasteiger partial charge in [0, 0.05) is 18.6 Å². The second kappa shape index (κ2) is 7.51. The maximum absolute atomic E-state index is 5.81. The van der Waals surface area contributed by atoms with Gasteiger partial charge in [0.05, 0.1) is 6.61 Å². The van der Waals surface area contributed by atoms with E-state index in [1.54, 1.807) is 7.11 Å². The average molecular weight is 268 g/mol. The average Bonchev–Trinajstić information content (AvgIpc) is 2.51. The minimum atomic E-state index is 0.134. The summed E-state index contributed by atoms with van der Waals surface area (Å²) in [5.41, 5.74) is 2.34. The van der Waals surface area contributed by atoms with Gasteiger partial charge < -0.3 is 9.47 Å². The molecule has 0 heterocycles. The standard InChI is InChI=1S/C18H20O2/c1-3-16(15-9-5-4-6-10-15)17-11-7-8-12-18(17)20-14-13-19-2/h3-12,16H,1,13-14H2,2H3/t16-/m1/s1. The Kier molecular flexibility index (Phi) is 5.39. The molecule has 20 heavy (non-hydrogen) atoms. The number of rotatable bonds is 7. The van der Waals surface area contributed by atoms with E-state index in [1.807, 2.05) is 42.5 Å². The van der Waals surface area contributed by atoms with Gasteiger partial charge in [0.15, 0.2) is 0 Å². The molecule has 0 radical (unpaired) electrons. The number of allylic oxidation sites excluding steroid dienone is 1. The third kappa shape index (κ3) is 3.49. The first kappa shape index (κ1) is 14.4. The zero-order valence-corrected chi connectivity index (χ0v) is 11.8. The molecule has 0 saturated heterocycles. The number of ether oxygens (including phenoxy) is 2. The molecule has 0 aromatic heterocycles. The van der Waals surface area contributed by atoms with Gasteiger partial charge in [-0.15, -0.1) is 6.58 Å². The minimum absolute atomic E-state index is 0.134. The zero-order chi connectivity index (χ0) is 14.2. The lowest BCUT2D eigenvalue weighted by Crippen LogP contribution is -2.07. The third-order valence-corrected chi connectivity index (χ3v) is 3.19. The molecular formula is C18H20O2. The van der Waals surface area contributed by atoms with Gasteiger partial charge in [0.1, 0.15) is 12.4 Å². The van der Waals surface area contributed by atoms with Crippen molar-refractivity contribution in [3.05, 3.63) is 78.4 Å². The van der Waals surface area contributed by atoms with Gasteiger partial charge in [0.25, 0.3) is 0 Å². The highest BCUT2D eigenvalue weighted by molar-refractivity contribution is 5.44. The molecule has 0 N–H and O–H groups in total. The first-order valence-electron chi connectivity index (χ1n) is 6.75. The van der Waals surface area contributed by atoms with Crippen LogP contribution in [0.3, 0.4) is 0 Å². The van der Waals surface area contributed by atoms with Crippen molar-refractivity contribution in [2.45, 2.75) is 5.92 Å². The van der Waals surface area contributed by atoms with Gasteiger partial charge in [-0.25, -0.2) is 0 Å². The quantitative estimate of drug-likeness (QED) is 0.557. The molecule has 0 amide bonds. The fourth-order valence-corrected chi connectivity index (χ4v) is 2.21. The first-order valence-corrected chi connectivity index (χ1v) is 6.75. The molecule has 0 aliphatic rings. The molecule has 0 spiro atoms. The van der Waals surface area contributed by atoms with Gasteiger partial charge in [-0.3, -0.25) is 0 Å². The molecule has 2 nitrogen and oxygen atoms in total. The molecule has 0 aliphatic heterocycles. The van der Waals surface area contributed by atoms with Crippen LogP contribution in [-0.2, 0) is 4.74 Å². The van der Waals surface area contributed by atoms with Gasteiger partial charge in [-0.2, -0.15) is 0 Å². The first-order chi connectivity index (χ1) is 9.86. The predicted octanol–water partition coefficient (Wildman–Crippen LogP) is 4.03. The lowest BCUT2D eigenvalue weighted by molar-refractivity contribution is 0.145. The van der Waals surface area contributed by atoms with Crippen LogP contribution in [0.2, 0.25) is 0 Å².